The van der Waals surface area contributed by atoms with Crippen LogP contribution in [-0.2, 0) is 4.74 Å². The van der Waals surface area contributed by atoms with E-state index in [1.165, 1.54) is 30.6 Å². The Morgan fingerprint density at radius 2 is 1.52 bits per heavy atom. The van der Waals surface area contributed by atoms with Gasteiger partial charge in [-0.3, -0.25) is 0 Å². The van der Waals surface area contributed by atoms with Gasteiger partial charge in [-0.1, -0.05) is 85.9 Å². The minimum atomic E-state index is 0.328. The predicted molar refractivity (Wildman–Crippen MR) is 127 cm³/mol. The summed E-state index contributed by atoms with van der Waals surface area (Å²) in [5, 5.41) is 0. The van der Waals surface area contributed by atoms with E-state index in [0.29, 0.717) is 5.41 Å². The molecule has 162 valence electrons. The third-order valence-electron chi connectivity index (χ3n) is 3.10. The fourth-order valence-corrected chi connectivity index (χ4v) is 2.57. The van der Waals surface area contributed by atoms with Gasteiger partial charge >= 0.3 is 0 Å². The molecule has 0 aliphatic heterocycles. The van der Waals surface area contributed by atoms with Crippen molar-refractivity contribution in [1.82, 2.24) is 0 Å². The van der Waals surface area contributed by atoms with Gasteiger partial charge in [-0.15, -0.1) is 0 Å². The van der Waals surface area contributed by atoms with Crippen molar-refractivity contribution in [2.75, 3.05) is 32.8 Å². The zero-order valence-electron chi connectivity index (χ0n) is 20.1. The molecule has 0 aromatic heterocycles. The van der Waals surface area contributed by atoms with E-state index < -0.39 is 0 Å². The van der Waals surface area contributed by atoms with E-state index in [4.69, 9.17) is 9.47 Å². The first kappa shape index (κ1) is 31.0. The summed E-state index contributed by atoms with van der Waals surface area (Å²) in [5.41, 5.74) is 1.51. The smallest absolute Gasteiger partial charge is 0.121 e. The molecule has 1 aromatic rings. The fraction of sp³-hybridized carbons (Fsp3) is 0.750. The van der Waals surface area contributed by atoms with Crippen molar-refractivity contribution in [2.24, 2.45) is 11.3 Å². The van der Waals surface area contributed by atoms with Crippen molar-refractivity contribution in [3.63, 3.8) is 0 Å². The molecular formula is C24H48O2S. The second-order valence-corrected chi connectivity index (χ2v) is 9.08. The molecule has 1 rings (SSSR count). The van der Waals surface area contributed by atoms with E-state index >= 15 is 0 Å². The van der Waals surface area contributed by atoms with Gasteiger partial charge in [-0.05, 0) is 41.9 Å². The van der Waals surface area contributed by atoms with E-state index in [2.05, 4.69) is 54.7 Å². The zero-order valence-corrected chi connectivity index (χ0v) is 21.0. The highest BCUT2D eigenvalue weighted by Crippen LogP contribution is 2.14. The summed E-state index contributed by atoms with van der Waals surface area (Å²) in [6.07, 6.45) is 6.22. The Bertz CT molecular complexity index is 396. The summed E-state index contributed by atoms with van der Waals surface area (Å²) in [4.78, 5) is 0. The Morgan fingerprint density at radius 3 is 1.67 bits per heavy atom. The average molecular weight is 401 g/mol. The molecule has 0 bridgehead atoms. The summed E-state index contributed by atoms with van der Waals surface area (Å²) in [6.45, 7) is 18.2. The maximum Gasteiger partial charge on any atom is 0.121 e. The quantitative estimate of drug-likeness (QED) is 0.483. The molecule has 0 N–H and O–H groups in total. The van der Waals surface area contributed by atoms with Gasteiger partial charge in [-0.2, -0.15) is 11.8 Å². The molecule has 0 fully saturated rings. The zero-order chi connectivity index (χ0) is 21.7. The van der Waals surface area contributed by atoms with Crippen LogP contribution >= 0.6 is 11.8 Å². The van der Waals surface area contributed by atoms with E-state index in [9.17, 15) is 0 Å². The molecule has 0 amide bonds. The van der Waals surface area contributed by atoms with Crippen molar-refractivity contribution in [3.05, 3.63) is 29.8 Å². The van der Waals surface area contributed by atoms with E-state index in [-0.39, 0.29) is 0 Å². The van der Waals surface area contributed by atoms with Crippen LogP contribution in [0.25, 0.3) is 0 Å². The van der Waals surface area contributed by atoms with Crippen LogP contribution in [0.5, 0.6) is 5.75 Å². The van der Waals surface area contributed by atoms with Crippen LogP contribution in [0, 0.1) is 18.3 Å². The van der Waals surface area contributed by atoms with Crippen LogP contribution < -0.4 is 4.74 Å². The second-order valence-electron chi connectivity index (χ2n) is 8.17. The number of para-hydroxylation sites is 1. The molecule has 0 aliphatic rings. The second kappa shape index (κ2) is 21.6. The number of methoxy groups -OCH3 is 2. The minimum absolute atomic E-state index is 0.328. The van der Waals surface area contributed by atoms with Gasteiger partial charge in [0.1, 0.15) is 5.75 Å². The normalized spacial score (nSPS) is 9.93. The number of hydrogen-bond acceptors (Lipinski definition) is 3. The van der Waals surface area contributed by atoms with E-state index in [1.54, 1.807) is 14.2 Å². The lowest BCUT2D eigenvalue weighted by Crippen LogP contribution is -2.12. The standard InChI is InChI=1S/C8H10O.C6H14O.C5H12S.C5H12/c1-7-5-3-4-6-8(7)9-2;1-6(2,3)5-7-4;1-5(2)4-6-3;1-3-5-4-2/h3-6H,1-2H3;5H2,1-4H3;5H,4H2,1-3H3;3-5H2,1-2H3. The molecule has 0 spiro atoms. The lowest BCUT2D eigenvalue weighted by Gasteiger charge is -2.15. The van der Waals surface area contributed by atoms with Crippen LogP contribution in [0.4, 0.5) is 0 Å². The van der Waals surface area contributed by atoms with Crippen molar-refractivity contribution in [1.29, 1.82) is 0 Å². The molecule has 0 atom stereocenters. The number of benzene rings is 1. The van der Waals surface area contributed by atoms with Crippen molar-refractivity contribution in [3.8, 4) is 5.75 Å². The Morgan fingerprint density at radius 1 is 1.00 bits per heavy atom. The molecular weight excluding hydrogens is 352 g/mol. The number of aryl methyl sites for hydroxylation is 1. The lowest BCUT2D eigenvalue weighted by molar-refractivity contribution is 0.116. The first-order chi connectivity index (χ1) is 12.6. The molecule has 1 aromatic carbocycles. The first-order valence-electron chi connectivity index (χ1n) is 10.2. The van der Waals surface area contributed by atoms with E-state index in [0.717, 1.165) is 18.3 Å². The van der Waals surface area contributed by atoms with E-state index in [1.807, 2.05) is 43.0 Å². The van der Waals surface area contributed by atoms with Gasteiger partial charge in [0.25, 0.3) is 0 Å². The SMILES string of the molecule is CCCCC.COCC(C)(C)C.COc1ccccc1C.CSCC(C)C. The van der Waals surface area contributed by atoms with Gasteiger partial charge in [0, 0.05) is 7.11 Å². The van der Waals surface area contributed by atoms with Crippen LogP contribution in [0.1, 0.15) is 73.3 Å². The molecule has 0 aliphatic carbocycles. The number of unbranched alkanes of at least 4 members (excludes halogenated alkanes) is 2. The molecule has 3 heteroatoms. The van der Waals surface area contributed by atoms with Crippen molar-refractivity contribution in [2.45, 2.75) is 74.7 Å². The fourth-order valence-electron chi connectivity index (χ4n) is 1.91. The first-order valence-corrected chi connectivity index (χ1v) is 11.6. The summed E-state index contributed by atoms with van der Waals surface area (Å²) in [5.74, 6) is 3.11. The summed E-state index contributed by atoms with van der Waals surface area (Å²) in [6, 6.07) is 7.94. The third kappa shape index (κ3) is 30.3. The summed E-state index contributed by atoms with van der Waals surface area (Å²) in [7, 11) is 3.41. The Kier molecular flexibility index (Phi) is 24.9. The number of thioether (sulfide) groups is 1. The molecule has 0 heterocycles. The van der Waals surface area contributed by atoms with Gasteiger partial charge < -0.3 is 9.47 Å². The third-order valence-corrected chi connectivity index (χ3v) is 4.10. The Hall–Kier alpha value is -0.670. The molecule has 27 heavy (non-hydrogen) atoms. The number of rotatable bonds is 6. The van der Waals surface area contributed by atoms with Crippen molar-refractivity contribution >= 4 is 11.8 Å². The monoisotopic (exact) mass is 400 g/mol. The van der Waals surface area contributed by atoms with Crippen LogP contribution in [0.2, 0.25) is 0 Å². The molecule has 2 nitrogen and oxygen atoms in total. The highest BCUT2D eigenvalue weighted by molar-refractivity contribution is 7.98. The van der Waals surface area contributed by atoms with Gasteiger partial charge in [0.05, 0.1) is 13.7 Å². The number of hydrogen-bond donors (Lipinski definition) is 0. The largest absolute Gasteiger partial charge is 0.496 e. The van der Waals surface area contributed by atoms with Crippen LogP contribution in [0.15, 0.2) is 24.3 Å². The molecule has 0 radical (unpaired) electrons. The Balaban J connectivity index is -0.000000293. The highest BCUT2D eigenvalue weighted by Gasteiger charge is 2.07. The van der Waals surface area contributed by atoms with Gasteiger partial charge in [0.15, 0.2) is 0 Å². The number of ether oxygens (including phenoxy) is 2. The minimum Gasteiger partial charge on any atom is -0.496 e. The topological polar surface area (TPSA) is 18.5 Å². The summed E-state index contributed by atoms with van der Waals surface area (Å²) >= 11 is 1.91. The highest BCUT2D eigenvalue weighted by atomic mass is 32.2. The van der Waals surface area contributed by atoms with Crippen molar-refractivity contribution < 1.29 is 9.47 Å². The Labute approximate surface area is 175 Å². The molecule has 0 saturated carbocycles. The van der Waals surface area contributed by atoms with Crippen LogP contribution in [0.3, 0.4) is 0 Å². The lowest BCUT2D eigenvalue weighted by atomic mass is 9.99. The maximum atomic E-state index is 5.04. The van der Waals surface area contributed by atoms with Gasteiger partial charge in [-0.25, -0.2) is 0 Å². The average Bonchev–Trinajstić information content (AvgIpc) is 2.56. The maximum absolute atomic E-state index is 5.04. The van der Waals surface area contributed by atoms with Crippen LogP contribution in [-0.4, -0.2) is 32.8 Å². The van der Waals surface area contributed by atoms with Gasteiger partial charge in [0.2, 0.25) is 0 Å². The molecule has 0 unspecified atom stereocenters. The summed E-state index contributed by atoms with van der Waals surface area (Å²) < 4.78 is 9.95. The predicted octanol–water partition coefficient (Wildman–Crippen LogP) is 7.88. The molecule has 0 saturated heterocycles.